The first-order chi connectivity index (χ1) is 13.5. The van der Waals surface area contributed by atoms with E-state index in [-0.39, 0.29) is 6.61 Å². The highest BCUT2D eigenvalue weighted by atomic mass is 16.6. The Kier molecular flexibility index (Phi) is 5.74. The van der Waals surface area contributed by atoms with E-state index in [1.165, 1.54) is 6.08 Å². The van der Waals surface area contributed by atoms with Gasteiger partial charge in [-0.05, 0) is 11.1 Å². The summed E-state index contributed by atoms with van der Waals surface area (Å²) < 4.78 is 10.3. The summed E-state index contributed by atoms with van der Waals surface area (Å²) in [4.78, 5) is 35.4. The summed E-state index contributed by atoms with van der Waals surface area (Å²) in [6.45, 7) is 3.32. The van der Waals surface area contributed by atoms with Crippen LogP contribution in [0.1, 0.15) is 23.7 Å². The van der Waals surface area contributed by atoms with Crippen LogP contribution in [0.25, 0.3) is 11.1 Å². The molecule has 1 atom stereocenters. The smallest absolute Gasteiger partial charge is 0.408 e. The second-order valence-corrected chi connectivity index (χ2v) is 6.17. The Morgan fingerprint density at radius 1 is 1.07 bits per heavy atom. The predicted octanol–water partition coefficient (Wildman–Crippen LogP) is 3.06. The molecule has 0 radical (unpaired) electrons. The van der Waals surface area contributed by atoms with E-state index in [9.17, 15) is 19.5 Å². The van der Waals surface area contributed by atoms with Crippen molar-refractivity contribution < 1.29 is 29.0 Å². The van der Waals surface area contributed by atoms with E-state index in [2.05, 4.69) is 11.9 Å². The van der Waals surface area contributed by atoms with Crippen molar-refractivity contribution in [3.8, 4) is 11.1 Å². The number of amides is 1. The standard InChI is InChI=1S/C21H19NO6/c1-2-11-27-21(26)22-17(20(24)25)12-18(23)28-19-15-9-5-3-7-13(15)14-8-4-6-10-16(14)19/h2-10,17,19H,1,11-12H2,(H,22,26)(H,24,25). The summed E-state index contributed by atoms with van der Waals surface area (Å²) in [6.07, 6.45) is -0.753. The first kappa shape index (κ1) is 19.2. The lowest BCUT2D eigenvalue weighted by Crippen LogP contribution is -2.42. The van der Waals surface area contributed by atoms with Gasteiger partial charge >= 0.3 is 18.0 Å². The number of carbonyl (C=O) groups excluding carboxylic acids is 2. The first-order valence-electron chi connectivity index (χ1n) is 8.66. The number of carboxylic acids is 1. The van der Waals surface area contributed by atoms with Crippen LogP contribution in [-0.4, -0.2) is 35.8 Å². The lowest BCUT2D eigenvalue weighted by Gasteiger charge is -2.18. The van der Waals surface area contributed by atoms with Crippen LogP contribution in [0, 0.1) is 0 Å². The maximum atomic E-state index is 12.4. The zero-order chi connectivity index (χ0) is 20.1. The molecule has 28 heavy (non-hydrogen) atoms. The molecule has 0 fully saturated rings. The molecule has 1 amide bonds. The van der Waals surface area contributed by atoms with Gasteiger partial charge < -0.3 is 19.9 Å². The van der Waals surface area contributed by atoms with Crippen LogP contribution in [0.15, 0.2) is 61.2 Å². The molecule has 0 aromatic heterocycles. The monoisotopic (exact) mass is 381 g/mol. The normalized spacial score (nSPS) is 13.0. The molecule has 0 spiro atoms. The lowest BCUT2D eigenvalue weighted by molar-refractivity contribution is -0.152. The topological polar surface area (TPSA) is 102 Å². The van der Waals surface area contributed by atoms with Crippen LogP contribution >= 0.6 is 0 Å². The molecule has 0 bridgehead atoms. The van der Waals surface area contributed by atoms with E-state index >= 15 is 0 Å². The quantitative estimate of drug-likeness (QED) is 0.565. The number of rotatable bonds is 7. The molecule has 0 heterocycles. The molecule has 1 aliphatic rings. The van der Waals surface area contributed by atoms with Gasteiger partial charge in [-0.25, -0.2) is 9.59 Å². The summed E-state index contributed by atoms with van der Waals surface area (Å²) in [5.41, 5.74) is 3.61. The van der Waals surface area contributed by atoms with E-state index in [0.717, 1.165) is 22.3 Å². The van der Waals surface area contributed by atoms with Gasteiger partial charge in [0.1, 0.15) is 12.6 Å². The Balaban J connectivity index is 1.72. The van der Waals surface area contributed by atoms with Crippen LogP contribution in [0.2, 0.25) is 0 Å². The minimum atomic E-state index is -1.46. The van der Waals surface area contributed by atoms with E-state index < -0.39 is 36.6 Å². The molecule has 3 rings (SSSR count). The fourth-order valence-corrected chi connectivity index (χ4v) is 3.10. The maximum Gasteiger partial charge on any atom is 0.408 e. The average Bonchev–Trinajstić information content (AvgIpc) is 3.00. The summed E-state index contributed by atoms with van der Waals surface area (Å²) in [5, 5.41) is 11.4. The van der Waals surface area contributed by atoms with Crippen LogP contribution in [0.4, 0.5) is 4.79 Å². The van der Waals surface area contributed by atoms with E-state index in [1.54, 1.807) is 0 Å². The fourth-order valence-electron chi connectivity index (χ4n) is 3.10. The summed E-state index contributed by atoms with van der Waals surface area (Å²) in [5.74, 6) is -2.10. The number of alkyl carbamates (subject to hydrolysis) is 1. The molecule has 7 nitrogen and oxygen atoms in total. The van der Waals surface area contributed by atoms with Gasteiger partial charge in [0, 0.05) is 11.1 Å². The Morgan fingerprint density at radius 2 is 1.64 bits per heavy atom. The predicted molar refractivity (Wildman–Crippen MR) is 101 cm³/mol. The van der Waals surface area contributed by atoms with E-state index in [1.807, 2.05) is 48.5 Å². The third-order valence-corrected chi connectivity index (χ3v) is 4.32. The number of hydrogen-bond donors (Lipinski definition) is 2. The molecule has 0 saturated carbocycles. The highest BCUT2D eigenvalue weighted by Gasteiger charge is 2.32. The number of fused-ring (bicyclic) bond motifs is 3. The number of carbonyl (C=O) groups is 3. The molecule has 2 aromatic carbocycles. The van der Waals surface area contributed by atoms with Crippen molar-refractivity contribution in [3.05, 3.63) is 72.3 Å². The molecule has 0 saturated heterocycles. The number of ether oxygens (including phenoxy) is 2. The zero-order valence-corrected chi connectivity index (χ0v) is 15.0. The highest BCUT2D eigenvalue weighted by Crippen LogP contribution is 2.45. The van der Waals surface area contributed by atoms with Gasteiger partial charge in [0.2, 0.25) is 0 Å². The van der Waals surface area contributed by atoms with Crippen LogP contribution in [0.5, 0.6) is 0 Å². The highest BCUT2D eigenvalue weighted by molar-refractivity contribution is 5.86. The van der Waals surface area contributed by atoms with Crippen molar-refractivity contribution in [2.24, 2.45) is 0 Å². The van der Waals surface area contributed by atoms with E-state index in [0.29, 0.717) is 0 Å². The molecule has 7 heteroatoms. The minimum absolute atomic E-state index is 0.0712. The number of carboxylic acid groups (broad SMARTS) is 1. The number of aliphatic carboxylic acids is 1. The second-order valence-electron chi connectivity index (χ2n) is 6.17. The molecular weight excluding hydrogens is 362 g/mol. The summed E-state index contributed by atoms with van der Waals surface area (Å²) in [6, 6.07) is 13.7. The van der Waals surface area contributed by atoms with Crippen molar-refractivity contribution >= 4 is 18.0 Å². The number of benzene rings is 2. The molecule has 0 aliphatic heterocycles. The number of nitrogens with one attached hydrogen (secondary N) is 1. The molecule has 1 aliphatic carbocycles. The van der Waals surface area contributed by atoms with Gasteiger partial charge in [-0.1, -0.05) is 61.2 Å². The molecule has 144 valence electrons. The molecule has 2 aromatic rings. The Hall–Kier alpha value is -3.61. The Morgan fingerprint density at radius 3 is 2.18 bits per heavy atom. The third kappa shape index (κ3) is 4.03. The molecule has 2 N–H and O–H groups in total. The molecule has 1 unspecified atom stereocenters. The van der Waals surface area contributed by atoms with Gasteiger partial charge in [-0.15, -0.1) is 0 Å². The van der Waals surface area contributed by atoms with Crippen molar-refractivity contribution in [2.75, 3.05) is 6.61 Å². The van der Waals surface area contributed by atoms with Crippen LogP contribution < -0.4 is 5.32 Å². The fraction of sp³-hybridized carbons (Fsp3) is 0.190. The van der Waals surface area contributed by atoms with E-state index in [4.69, 9.17) is 9.47 Å². The summed E-state index contributed by atoms with van der Waals surface area (Å²) >= 11 is 0. The zero-order valence-electron chi connectivity index (χ0n) is 15.0. The van der Waals surface area contributed by atoms with Crippen LogP contribution in [-0.2, 0) is 19.1 Å². The minimum Gasteiger partial charge on any atom is -0.480 e. The van der Waals surface area contributed by atoms with Gasteiger partial charge in [0.15, 0.2) is 6.10 Å². The van der Waals surface area contributed by atoms with Crippen LogP contribution in [0.3, 0.4) is 0 Å². The van der Waals surface area contributed by atoms with Crippen molar-refractivity contribution in [1.29, 1.82) is 0 Å². The van der Waals surface area contributed by atoms with Gasteiger partial charge in [-0.2, -0.15) is 0 Å². The lowest BCUT2D eigenvalue weighted by atomic mass is 10.1. The van der Waals surface area contributed by atoms with Crippen molar-refractivity contribution in [1.82, 2.24) is 5.32 Å². The van der Waals surface area contributed by atoms with Gasteiger partial charge in [0.25, 0.3) is 0 Å². The van der Waals surface area contributed by atoms with Crippen molar-refractivity contribution in [2.45, 2.75) is 18.6 Å². The number of esters is 1. The van der Waals surface area contributed by atoms with Gasteiger partial charge in [0.05, 0.1) is 6.42 Å². The first-order valence-corrected chi connectivity index (χ1v) is 8.66. The number of hydrogen-bond acceptors (Lipinski definition) is 5. The second kappa shape index (κ2) is 8.39. The van der Waals surface area contributed by atoms with Crippen molar-refractivity contribution in [3.63, 3.8) is 0 Å². The maximum absolute atomic E-state index is 12.4. The largest absolute Gasteiger partial charge is 0.480 e. The third-order valence-electron chi connectivity index (χ3n) is 4.32. The van der Waals surface area contributed by atoms with Gasteiger partial charge in [-0.3, -0.25) is 4.79 Å². The summed E-state index contributed by atoms with van der Waals surface area (Å²) in [7, 11) is 0. The molecular formula is C21H19NO6. The average molecular weight is 381 g/mol. The Bertz CT molecular complexity index is 877. The SMILES string of the molecule is C=CCOC(=O)NC(CC(=O)OC1c2ccccc2-c2ccccc21)C(=O)O. The Labute approximate surface area is 161 Å².